The van der Waals surface area contributed by atoms with Crippen LogP contribution in [0.15, 0.2) is 69.6 Å². The Labute approximate surface area is 292 Å². The van der Waals surface area contributed by atoms with Gasteiger partial charge in [-0.3, -0.25) is 9.36 Å². The first-order valence-corrected chi connectivity index (χ1v) is 16.6. The molecule has 0 saturated carbocycles. The molecule has 0 spiro atoms. The van der Waals surface area contributed by atoms with Gasteiger partial charge in [0.2, 0.25) is 0 Å². The van der Waals surface area contributed by atoms with E-state index in [2.05, 4.69) is 27.6 Å². The molecule has 1 atom stereocenters. The molecule has 240 valence electrons. The summed E-state index contributed by atoms with van der Waals surface area (Å²) in [6.07, 6.45) is 1.76. The third-order valence-electron chi connectivity index (χ3n) is 7.19. The maximum atomic E-state index is 14.2. The Morgan fingerprint density at radius 3 is 2.48 bits per heavy atom. The zero-order chi connectivity index (χ0) is 33.1. The first-order valence-electron chi connectivity index (χ1n) is 14.0. The molecule has 0 fully saturated rings. The Balaban J connectivity index is 1.61. The van der Waals surface area contributed by atoms with Crippen LogP contribution in [-0.2, 0) is 16.1 Å². The van der Waals surface area contributed by atoms with Crippen molar-refractivity contribution in [2.24, 2.45) is 4.99 Å². The second kappa shape index (κ2) is 14.5. The minimum Gasteiger partial charge on any atom is -0.497 e. The summed E-state index contributed by atoms with van der Waals surface area (Å²) in [5.74, 6) is 1.47. The molecule has 1 aromatic heterocycles. The first kappa shape index (κ1) is 33.8. The monoisotopic (exact) mass is 794 g/mol. The van der Waals surface area contributed by atoms with Crippen molar-refractivity contribution in [1.29, 1.82) is 0 Å². The molecule has 3 aromatic carbocycles. The molecule has 0 bridgehead atoms. The zero-order valence-electron chi connectivity index (χ0n) is 25.5. The van der Waals surface area contributed by atoms with Crippen LogP contribution in [0.3, 0.4) is 0 Å². The molecule has 9 nitrogen and oxygen atoms in total. The number of allylic oxidation sites excluding steroid dienone is 1. The number of carbonyl (C=O) groups is 1. The number of fused-ring (bicyclic) bond motifs is 1. The summed E-state index contributed by atoms with van der Waals surface area (Å²) in [5, 5.41) is 1.04. The van der Waals surface area contributed by atoms with Gasteiger partial charge in [-0.2, -0.15) is 0 Å². The summed E-state index contributed by atoms with van der Waals surface area (Å²) in [6.45, 7) is 3.82. The molecule has 2 heterocycles. The van der Waals surface area contributed by atoms with Crippen LogP contribution in [0, 0.1) is 3.57 Å². The minimum absolute atomic E-state index is 0.162. The predicted octanol–water partition coefficient (Wildman–Crippen LogP) is 6.31. The highest BCUT2D eigenvalue weighted by atomic mass is 127. The summed E-state index contributed by atoms with van der Waals surface area (Å²) in [5.41, 5.74) is 2.39. The molecule has 5 rings (SSSR count). The lowest BCUT2D eigenvalue weighted by atomic mass is 9.94. The lowest BCUT2D eigenvalue weighted by molar-refractivity contribution is -0.139. The number of benzene rings is 3. The number of nitrogens with zero attached hydrogens (tertiary/aromatic N) is 2. The Bertz CT molecular complexity index is 2040. The lowest BCUT2D eigenvalue weighted by Gasteiger charge is -2.26. The van der Waals surface area contributed by atoms with Gasteiger partial charge >= 0.3 is 5.97 Å². The van der Waals surface area contributed by atoms with Gasteiger partial charge in [0.1, 0.15) is 24.1 Å². The van der Waals surface area contributed by atoms with E-state index in [9.17, 15) is 9.59 Å². The van der Waals surface area contributed by atoms with Crippen LogP contribution in [0.2, 0.25) is 10.0 Å². The molecule has 0 radical (unpaired) electrons. The molecule has 1 aliphatic heterocycles. The number of rotatable bonds is 10. The van der Waals surface area contributed by atoms with Crippen molar-refractivity contribution in [3.63, 3.8) is 0 Å². The van der Waals surface area contributed by atoms with Crippen LogP contribution >= 0.6 is 57.1 Å². The number of ether oxygens (including phenoxy) is 5. The van der Waals surface area contributed by atoms with Gasteiger partial charge in [0.25, 0.3) is 5.56 Å². The van der Waals surface area contributed by atoms with E-state index in [0.717, 1.165) is 9.13 Å². The fourth-order valence-corrected chi connectivity index (χ4v) is 7.33. The van der Waals surface area contributed by atoms with E-state index in [1.165, 1.54) is 23.0 Å². The van der Waals surface area contributed by atoms with E-state index in [1.54, 1.807) is 70.5 Å². The van der Waals surface area contributed by atoms with E-state index in [4.69, 9.17) is 46.9 Å². The van der Waals surface area contributed by atoms with Gasteiger partial charge in [-0.05, 0) is 90.5 Å². The highest BCUT2D eigenvalue weighted by Crippen LogP contribution is 2.38. The summed E-state index contributed by atoms with van der Waals surface area (Å²) in [4.78, 5) is 32.6. The molecule has 0 saturated heterocycles. The second-order valence-corrected chi connectivity index (χ2v) is 13.0. The maximum Gasteiger partial charge on any atom is 0.338 e. The maximum absolute atomic E-state index is 14.2. The van der Waals surface area contributed by atoms with Crippen LogP contribution in [0.1, 0.15) is 36.6 Å². The molecular weight excluding hydrogens is 766 g/mol. The fourth-order valence-electron chi connectivity index (χ4n) is 5.04. The largest absolute Gasteiger partial charge is 0.497 e. The minimum atomic E-state index is -0.868. The highest BCUT2D eigenvalue weighted by molar-refractivity contribution is 14.1. The van der Waals surface area contributed by atoms with Gasteiger partial charge in [0.05, 0.1) is 47.3 Å². The molecule has 0 amide bonds. The molecule has 4 aromatic rings. The Morgan fingerprint density at radius 2 is 1.80 bits per heavy atom. The molecule has 0 aliphatic carbocycles. The number of methoxy groups -OCH3 is 3. The average Bonchev–Trinajstić information content (AvgIpc) is 3.33. The van der Waals surface area contributed by atoms with Crippen molar-refractivity contribution in [3.05, 3.63) is 110 Å². The third-order valence-corrected chi connectivity index (χ3v) is 9.56. The smallest absolute Gasteiger partial charge is 0.338 e. The van der Waals surface area contributed by atoms with Gasteiger partial charge in [-0.25, -0.2) is 9.79 Å². The standard InChI is InChI=1S/C33H29Cl2IN2O7S/c1-6-44-32(40)28-17(2)37-33-38(29(28)22-15-21(41-3)9-10-25(22)42-4)31(39)27(46-33)13-18-11-24(36)30(26(12-18)43-5)45-16-19-7-8-20(34)14-23(19)35/h7-15,29H,6,16H2,1-5H3/b27-13+/t29-/m1/s1. The molecule has 1 aliphatic rings. The van der Waals surface area contributed by atoms with Crippen molar-refractivity contribution >= 4 is 69.2 Å². The van der Waals surface area contributed by atoms with Crippen LogP contribution in [0.25, 0.3) is 6.08 Å². The Hall–Kier alpha value is -3.52. The number of halogens is 3. The Kier molecular flexibility index (Phi) is 10.7. The average molecular weight is 795 g/mol. The quantitative estimate of drug-likeness (QED) is 0.137. The van der Waals surface area contributed by atoms with E-state index in [-0.39, 0.29) is 24.3 Å². The summed E-state index contributed by atoms with van der Waals surface area (Å²) < 4.78 is 31.0. The third kappa shape index (κ3) is 6.78. The predicted molar refractivity (Wildman–Crippen MR) is 186 cm³/mol. The number of thiazole rings is 1. The van der Waals surface area contributed by atoms with Crippen LogP contribution in [0.5, 0.6) is 23.0 Å². The number of hydrogen-bond acceptors (Lipinski definition) is 9. The van der Waals surface area contributed by atoms with Crippen molar-refractivity contribution in [3.8, 4) is 23.0 Å². The number of hydrogen-bond donors (Lipinski definition) is 0. The molecule has 46 heavy (non-hydrogen) atoms. The van der Waals surface area contributed by atoms with Gasteiger partial charge in [0, 0.05) is 21.2 Å². The number of aromatic nitrogens is 1. The van der Waals surface area contributed by atoms with Gasteiger partial charge in [-0.1, -0.05) is 40.6 Å². The van der Waals surface area contributed by atoms with Gasteiger partial charge in [0.15, 0.2) is 16.3 Å². The van der Waals surface area contributed by atoms with Crippen LogP contribution in [0.4, 0.5) is 0 Å². The molecule has 13 heteroatoms. The van der Waals surface area contributed by atoms with Crippen LogP contribution in [-0.4, -0.2) is 38.5 Å². The van der Waals surface area contributed by atoms with Crippen molar-refractivity contribution in [2.45, 2.75) is 26.5 Å². The van der Waals surface area contributed by atoms with Gasteiger partial charge in [-0.15, -0.1) is 0 Å². The number of carbonyl (C=O) groups excluding carboxylic acids is 1. The molecule has 0 N–H and O–H groups in total. The topological polar surface area (TPSA) is 97.6 Å². The first-order chi connectivity index (χ1) is 22.1. The summed E-state index contributed by atoms with van der Waals surface area (Å²) >= 11 is 15.7. The van der Waals surface area contributed by atoms with E-state index in [1.807, 2.05) is 12.1 Å². The molecular formula is C33H29Cl2IN2O7S. The summed E-state index contributed by atoms with van der Waals surface area (Å²) in [6, 6.07) is 13.3. The van der Waals surface area contributed by atoms with E-state index >= 15 is 0 Å². The molecule has 0 unspecified atom stereocenters. The second-order valence-electron chi connectivity index (χ2n) is 9.97. The fraction of sp³-hybridized carbons (Fsp3) is 0.242. The summed E-state index contributed by atoms with van der Waals surface area (Å²) in [7, 11) is 4.62. The Morgan fingerprint density at radius 1 is 1.04 bits per heavy atom. The van der Waals surface area contributed by atoms with E-state index < -0.39 is 12.0 Å². The van der Waals surface area contributed by atoms with Crippen molar-refractivity contribution < 1.29 is 28.5 Å². The van der Waals surface area contributed by atoms with Crippen molar-refractivity contribution in [1.82, 2.24) is 4.57 Å². The van der Waals surface area contributed by atoms with Crippen LogP contribution < -0.4 is 33.8 Å². The number of esters is 1. The lowest BCUT2D eigenvalue weighted by Crippen LogP contribution is -2.40. The highest BCUT2D eigenvalue weighted by Gasteiger charge is 2.35. The SMILES string of the molecule is CCOC(=O)C1=C(C)N=c2s/c(=C/c3cc(I)c(OCc4ccc(Cl)cc4Cl)c(OC)c3)c(=O)n2[C@@H]1c1cc(OC)ccc1OC. The normalized spacial score (nSPS) is 14.4. The zero-order valence-corrected chi connectivity index (χ0v) is 30.0. The van der Waals surface area contributed by atoms with Gasteiger partial charge < -0.3 is 23.7 Å². The van der Waals surface area contributed by atoms with Crippen molar-refractivity contribution in [2.75, 3.05) is 27.9 Å². The van der Waals surface area contributed by atoms with E-state index in [0.29, 0.717) is 59.2 Å².